The van der Waals surface area contributed by atoms with Crippen LogP contribution in [0.3, 0.4) is 0 Å². The highest BCUT2D eigenvalue weighted by Gasteiger charge is 2.31. The molecule has 1 saturated heterocycles. The van der Waals surface area contributed by atoms with Gasteiger partial charge in [-0.15, -0.1) is 0 Å². The molecule has 1 atom stereocenters. The molecule has 0 bridgehead atoms. The van der Waals surface area contributed by atoms with Crippen LogP contribution < -0.4 is 5.32 Å². The lowest BCUT2D eigenvalue weighted by Crippen LogP contribution is -2.52. The van der Waals surface area contributed by atoms with Crippen molar-refractivity contribution in [1.82, 2.24) is 15.1 Å². The first kappa shape index (κ1) is 22.1. The van der Waals surface area contributed by atoms with E-state index in [4.69, 9.17) is 11.6 Å². The van der Waals surface area contributed by atoms with Crippen molar-refractivity contribution in [2.75, 3.05) is 26.2 Å². The summed E-state index contributed by atoms with van der Waals surface area (Å²) in [5.41, 5.74) is 2.60. The molecule has 0 aliphatic carbocycles. The van der Waals surface area contributed by atoms with Gasteiger partial charge in [0.2, 0.25) is 5.91 Å². The summed E-state index contributed by atoms with van der Waals surface area (Å²) in [4.78, 5) is 30.1. The van der Waals surface area contributed by atoms with E-state index in [-0.39, 0.29) is 11.8 Å². The molecule has 3 aromatic rings. The topological polar surface area (TPSA) is 52.7 Å². The van der Waals surface area contributed by atoms with Crippen molar-refractivity contribution in [1.29, 1.82) is 0 Å². The summed E-state index contributed by atoms with van der Waals surface area (Å²) in [5, 5.41) is 3.63. The van der Waals surface area contributed by atoms with Crippen LogP contribution in [0, 0.1) is 0 Å². The van der Waals surface area contributed by atoms with Gasteiger partial charge in [0.1, 0.15) is 6.04 Å². The zero-order valence-electron chi connectivity index (χ0n) is 17.8. The van der Waals surface area contributed by atoms with Crippen LogP contribution in [0.4, 0.5) is 0 Å². The third kappa shape index (κ3) is 5.36. The fraction of sp³-hybridized carbons (Fsp3) is 0.231. The number of piperazine rings is 1. The number of rotatable bonds is 6. The van der Waals surface area contributed by atoms with Crippen LogP contribution in [0.2, 0.25) is 5.02 Å². The van der Waals surface area contributed by atoms with Crippen LogP contribution in [-0.2, 0) is 11.3 Å². The van der Waals surface area contributed by atoms with Gasteiger partial charge in [-0.25, -0.2) is 0 Å². The van der Waals surface area contributed by atoms with Crippen LogP contribution in [0.5, 0.6) is 0 Å². The highest BCUT2D eigenvalue weighted by Crippen LogP contribution is 2.24. The number of hydrogen-bond donors (Lipinski definition) is 1. The van der Waals surface area contributed by atoms with E-state index in [2.05, 4.69) is 10.2 Å². The number of amides is 2. The minimum absolute atomic E-state index is 0.0306. The third-order valence-electron chi connectivity index (χ3n) is 5.71. The lowest BCUT2D eigenvalue weighted by atomic mass is 10.0. The van der Waals surface area contributed by atoms with Crippen LogP contribution in [-0.4, -0.2) is 47.8 Å². The third-order valence-corrected chi connectivity index (χ3v) is 5.95. The van der Waals surface area contributed by atoms with Crippen molar-refractivity contribution < 1.29 is 9.59 Å². The Morgan fingerprint density at radius 3 is 2.16 bits per heavy atom. The first-order valence-corrected chi connectivity index (χ1v) is 11.1. The van der Waals surface area contributed by atoms with Crippen molar-refractivity contribution in [3.63, 3.8) is 0 Å². The summed E-state index contributed by atoms with van der Waals surface area (Å²) < 4.78 is 0. The predicted molar refractivity (Wildman–Crippen MR) is 126 cm³/mol. The number of hydrogen-bond acceptors (Lipinski definition) is 3. The Hall–Kier alpha value is -3.15. The minimum atomic E-state index is -0.400. The van der Waals surface area contributed by atoms with Gasteiger partial charge in [-0.3, -0.25) is 14.5 Å². The zero-order valence-corrected chi connectivity index (χ0v) is 18.5. The van der Waals surface area contributed by atoms with Gasteiger partial charge >= 0.3 is 0 Å². The molecular formula is C26H26ClN3O2. The summed E-state index contributed by atoms with van der Waals surface area (Å²) in [6, 6.07) is 26.3. The highest BCUT2D eigenvalue weighted by molar-refractivity contribution is 6.30. The number of benzene rings is 3. The first-order chi connectivity index (χ1) is 15.6. The van der Waals surface area contributed by atoms with Gasteiger partial charge in [0, 0.05) is 43.3 Å². The van der Waals surface area contributed by atoms with Gasteiger partial charge < -0.3 is 10.2 Å². The molecule has 1 aliphatic heterocycles. The van der Waals surface area contributed by atoms with E-state index in [0.717, 1.165) is 11.1 Å². The molecule has 1 aliphatic rings. The second-order valence-electron chi connectivity index (χ2n) is 7.86. The SMILES string of the molecule is O=C(NCc1ccccc1)[C@H](c1ccccc1)N1CCN(C(=O)c2cccc(Cl)c2)CC1. The first-order valence-electron chi connectivity index (χ1n) is 10.8. The molecule has 0 spiro atoms. The van der Waals surface area contributed by atoms with Gasteiger partial charge in [0.15, 0.2) is 0 Å². The Labute approximate surface area is 193 Å². The van der Waals surface area contributed by atoms with Crippen LogP contribution >= 0.6 is 11.6 Å². The monoisotopic (exact) mass is 447 g/mol. The summed E-state index contributed by atoms with van der Waals surface area (Å²) in [6.07, 6.45) is 0. The smallest absolute Gasteiger partial charge is 0.253 e. The van der Waals surface area contributed by atoms with Crippen LogP contribution in [0.15, 0.2) is 84.9 Å². The van der Waals surface area contributed by atoms with E-state index in [0.29, 0.717) is 43.3 Å². The molecule has 32 heavy (non-hydrogen) atoms. The fourth-order valence-electron chi connectivity index (χ4n) is 4.03. The Kier molecular flexibility index (Phi) is 7.20. The molecule has 164 valence electrons. The van der Waals surface area contributed by atoms with E-state index >= 15 is 0 Å². The predicted octanol–water partition coefficient (Wildman–Crippen LogP) is 4.16. The van der Waals surface area contributed by atoms with E-state index in [1.807, 2.05) is 65.6 Å². The number of halogens is 1. The number of carbonyl (C=O) groups is 2. The molecule has 0 aromatic heterocycles. The fourth-order valence-corrected chi connectivity index (χ4v) is 4.22. The lowest BCUT2D eigenvalue weighted by molar-refractivity contribution is -0.127. The molecule has 0 unspecified atom stereocenters. The van der Waals surface area contributed by atoms with Gasteiger partial charge in [-0.2, -0.15) is 0 Å². The van der Waals surface area contributed by atoms with E-state index < -0.39 is 6.04 Å². The normalized spacial score (nSPS) is 15.2. The van der Waals surface area contributed by atoms with Crippen LogP contribution in [0.25, 0.3) is 0 Å². The van der Waals surface area contributed by atoms with Gasteiger partial charge in [-0.05, 0) is 29.3 Å². The largest absolute Gasteiger partial charge is 0.350 e. The molecule has 2 amide bonds. The molecule has 1 heterocycles. The maximum Gasteiger partial charge on any atom is 0.253 e. The Morgan fingerprint density at radius 1 is 0.844 bits per heavy atom. The average Bonchev–Trinajstić information content (AvgIpc) is 2.84. The molecule has 0 saturated carbocycles. The van der Waals surface area contributed by atoms with Crippen molar-refractivity contribution in [3.05, 3.63) is 107 Å². The Bertz CT molecular complexity index is 1050. The molecule has 1 N–H and O–H groups in total. The molecule has 4 rings (SSSR count). The maximum atomic E-state index is 13.2. The maximum absolute atomic E-state index is 13.2. The molecule has 5 nitrogen and oxygen atoms in total. The van der Waals surface area contributed by atoms with Gasteiger partial charge in [0.25, 0.3) is 5.91 Å². The van der Waals surface area contributed by atoms with Crippen molar-refractivity contribution in [2.24, 2.45) is 0 Å². The van der Waals surface area contributed by atoms with Crippen molar-refractivity contribution in [3.8, 4) is 0 Å². The summed E-state index contributed by atoms with van der Waals surface area (Å²) in [6.45, 7) is 2.83. The summed E-state index contributed by atoms with van der Waals surface area (Å²) in [5.74, 6) is -0.0633. The molecule has 3 aromatic carbocycles. The number of nitrogens with one attached hydrogen (secondary N) is 1. The minimum Gasteiger partial charge on any atom is -0.350 e. The number of nitrogens with zero attached hydrogens (tertiary/aromatic N) is 2. The second kappa shape index (κ2) is 10.4. The standard InChI is InChI=1S/C26H26ClN3O2/c27-23-13-7-12-22(18-23)26(32)30-16-14-29(15-17-30)24(21-10-5-2-6-11-21)25(31)28-19-20-8-3-1-4-9-20/h1-13,18,24H,14-17,19H2,(H,28,31)/t24-/m0/s1. The summed E-state index contributed by atoms with van der Waals surface area (Å²) in [7, 11) is 0. The Morgan fingerprint density at radius 2 is 1.50 bits per heavy atom. The molecule has 1 fully saturated rings. The quantitative estimate of drug-likeness (QED) is 0.617. The van der Waals surface area contributed by atoms with E-state index in [1.165, 1.54) is 0 Å². The second-order valence-corrected chi connectivity index (χ2v) is 8.29. The zero-order chi connectivity index (χ0) is 22.3. The average molecular weight is 448 g/mol. The van der Waals surface area contributed by atoms with E-state index in [1.54, 1.807) is 24.3 Å². The van der Waals surface area contributed by atoms with Crippen molar-refractivity contribution >= 4 is 23.4 Å². The van der Waals surface area contributed by atoms with Gasteiger partial charge in [-0.1, -0.05) is 78.3 Å². The summed E-state index contributed by atoms with van der Waals surface area (Å²) >= 11 is 6.05. The number of carbonyl (C=O) groups excluding carboxylic acids is 2. The highest BCUT2D eigenvalue weighted by atomic mass is 35.5. The van der Waals surface area contributed by atoms with Gasteiger partial charge in [0.05, 0.1) is 0 Å². The van der Waals surface area contributed by atoms with E-state index in [9.17, 15) is 9.59 Å². The van der Waals surface area contributed by atoms with Crippen LogP contribution in [0.1, 0.15) is 27.5 Å². The molecule has 0 radical (unpaired) electrons. The van der Waals surface area contributed by atoms with Crippen molar-refractivity contribution in [2.45, 2.75) is 12.6 Å². The lowest BCUT2D eigenvalue weighted by Gasteiger charge is -2.38. The molecular weight excluding hydrogens is 422 g/mol. The molecule has 6 heteroatoms. The Balaban J connectivity index is 1.44.